The fourth-order valence-corrected chi connectivity index (χ4v) is 2.72. The zero-order chi connectivity index (χ0) is 17.1. The van der Waals surface area contributed by atoms with Crippen molar-refractivity contribution in [2.75, 3.05) is 6.54 Å². The molecule has 6 nitrogen and oxygen atoms in total. The molecule has 0 aliphatic rings. The average molecular weight is 325 g/mol. The maximum Gasteiger partial charge on any atom is 0.125 e. The van der Waals surface area contributed by atoms with Gasteiger partial charge in [0.25, 0.3) is 0 Å². The van der Waals surface area contributed by atoms with Gasteiger partial charge in [-0.15, -0.1) is 0 Å². The van der Waals surface area contributed by atoms with E-state index in [1.54, 1.807) is 12.5 Å². The Bertz CT molecular complexity index is 843. The Balaban J connectivity index is 1.59. The van der Waals surface area contributed by atoms with Gasteiger partial charge in [0, 0.05) is 19.3 Å². The molecule has 2 heterocycles. The van der Waals surface area contributed by atoms with Crippen LogP contribution in [-0.2, 0) is 13.1 Å². The number of nitrogens with one attached hydrogen (secondary N) is 1. The topological polar surface area (TPSA) is 75.9 Å². The molecule has 0 saturated heterocycles. The van der Waals surface area contributed by atoms with Crippen LogP contribution < -0.4 is 5.32 Å². The number of nitrogens with zero attached hydrogens (tertiary/aromatic N) is 4. The summed E-state index contributed by atoms with van der Waals surface area (Å²) in [6.07, 6.45) is 3.05. The first-order chi connectivity index (χ1) is 11.5. The van der Waals surface area contributed by atoms with Gasteiger partial charge in [0.2, 0.25) is 0 Å². The third-order valence-corrected chi connectivity index (χ3v) is 4.16. The lowest BCUT2D eigenvalue weighted by atomic mass is 10.1. The molecule has 0 fully saturated rings. The first-order valence-corrected chi connectivity index (χ1v) is 8.12. The van der Waals surface area contributed by atoms with Crippen LogP contribution in [0.25, 0.3) is 11.0 Å². The predicted octanol–water partition coefficient (Wildman–Crippen LogP) is 1.90. The van der Waals surface area contributed by atoms with Gasteiger partial charge in [0.1, 0.15) is 5.82 Å². The third kappa shape index (κ3) is 3.77. The lowest BCUT2D eigenvalue weighted by molar-refractivity contribution is 0.152. The second-order valence-corrected chi connectivity index (χ2v) is 6.20. The number of aliphatic hydroxyl groups is 1. The van der Waals surface area contributed by atoms with Crippen LogP contribution >= 0.6 is 0 Å². The summed E-state index contributed by atoms with van der Waals surface area (Å²) >= 11 is 0. The Labute approximate surface area is 141 Å². The maximum absolute atomic E-state index is 10.3. The van der Waals surface area contributed by atoms with Crippen LogP contribution in [0.3, 0.4) is 0 Å². The first-order valence-electron chi connectivity index (χ1n) is 8.12. The molecule has 1 aromatic carbocycles. The second-order valence-electron chi connectivity index (χ2n) is 6.20. The predicted molar refractivity (Wildman–Crippen MR) is 93.7 cm³/mol. The van der Waals surface area contributed by atoms with Gasteiger partial charge in [-0.2, -0.15) is 0 Å². The average Bonchev–Trinajstić information content (AvgIpc) is 2.90. The van der Waals surface area contributed by atoms with E-state index in [0.717, 1.165) is 22.6 Å². The highest BCUT2D eigenvalue weighted by atomic mass is 16.3. The van der Waals surface area contributed by atoms with E-state index >= 15 is 0 Å². The van der Waals surface area contributed by atoms with Gasteiger partial charge in [-0.25, -0.2) is 15.0 Å². The number of fused-ring (bicyclic) bond motifs is 1. The Morgan fingerprint density at radius 3 is 2.75 bits per heavy atom. The van der Waals surface area contributed by atoms with Crippen molar-refractivity contribution in [3.8, 4) is 0 Å². The Hall–Kier alpha value is -2.31. The molecule has 2 N–H and O–H groups in total. The van der Waals surface area contributed by atoms with Crippen molar-refractivity contribution in [3.05, 3.63) is 53.4 Å². The number of imidazole rings is 1. The highest BCUT2D eigenvalue weighted by Gasteiger charge is 2.10. The molecule has 2 aromatic heterocycles. The molecule has 24 heavy (non-hydrogen) atoms. The molecule has 3 rings (SSSR count). The molecule has 0 aliphatic carbocycles. The summed E-state index contributed by atoms with van der Waals surface area (Å²) in [5, 5.41) is 13.5. The minimum Gasteiger partial charge on any atom is -0.390 e. The van der Waals surface area contributed by atoms with E-state index in [4.69, 9.17) is 0 Å². The van der Waals surface area contributed by atoms with Gasteiger partial charge in [-0.1, -0.05) is 0 Å². The lowest BCUT2D eigenvalue weighted by Gasteiger charge is -2.13. The zero-order valence-electron chi connectivity index (χ0n) is 14.3. The van der Waals surface area contributed by atoms with E-state index in [2.05, 4.69) is 46.2 Å². The van der Waals surface area contributed by atoms with Gasteiger partial charge in [-0.05, 0) is 50.1 Å². The zero-order valence-corrected chi connectivity index (χ0v) is 14.3. The van der Waals surface area contributed by atoms with Crippen molar-refractivity contribution in [2.45, 2.75) is 40.0 Å². The Morgan fingerprint density at radius 2 is 1.96 bits per heavy atom. The van der Waals surface area contributed by atoms with Crippen molar-refractivity contribution in [1.29, 1.82) is 0 Å². The van der Waals surface area contributed by atoms with E-state index in [1.165, 1.54) is 11.1 Å². The van der Waals surface area contributed by atoms with Crippen LogP contribution in [0, 0.1) is 20.8 Å². The first kappa shape index (κ1) is 16.5. The second kappa shape index (κ2) is 7.07. The molecular weight excluding hydrogens is 302 g/mol. The number of aryl methyl sites for hydroxylation is 3. The summed E-state index contributed by atoms with van der Waals surface area (Å²) < 4.78 is 2.00. The monoisotopic (exact) mass is 325 g/mol. The molecule has 0 spiro atoms. The molecule has 1 unspecified atom stereocenters. The van der Waals surface area contributed by atoms with E-state index < -0.39 is 6.10 Å². The minimum atomic E-state index is -0.494. The quantitative estimate of drug-likeness (QED) is 0.724. The smallest absolute Gasteiger partial charge is 0.125 e. The molecule has 126 valence electrons. The largest absolute Gasteiger partial charge is 0.390 e. The number of aliphatic hydroxyl groups excluding tert-OH is 1. The molecule has 6 heteroatoms. The summed E-state index contributed by atoms with van der Waals surface area (Å²) in [6.45, 7) is 7.66. The van der Waals surface area contributed by atoms with Crippen molar-refractivity contribution >= 4 is 11.0 Å². The molecule has 0 bridgehead atoms. The fourth-order valence-electron chi connectivity index (χ4n) is 2.72. The molecule has 1 atom stereocenters. The van der Waals surface area contributed by atoms with E-state index in [9.17, 15) is 5.11 Å². The molecule has 0 radical (unpaired) electrons. The standard InChI is InChI=1S/C18H23N5O/c1-12-6-17-18(7-13(12)2)23(11-21-17)10-16(24)9-19-8-15-4-5-20-14(3)22-15/h4-7,11,16,19,24H,8-10H2,1-3H3. The molecule has 0 saturated carbocycles. The highest BCUT2D eigenvalue weighted by molar-refractivity contribution is 5.77. The third-order valence-electron chi connectivity index (χ3n) is 4.16. The fraction of sp³-hybridized carbons (Fsp3) is 0.389. The molecular formula is C18H23N5O. The highest BCUT2D eigenvalue weighted by Crippen LogP contribution is 2.18. The number of benzene rings is 1. The summed E-state index contributed by atoms with van der Waals surface area (Å²) in [7, 11) is 0. The SMILES string of the molecule is Cc1nccc(CNCC(O)Cn2cnc3cc(C)c(C)cc32)n1. The van der Waals surface area contributed by atoms with Crippen molar-refractivity contribution in [3.63, 3.8) is 0 Å². The van der Waals surface area contributed by atoms with E-state index in [0.29, 0.717) is 19.6 Å². The van der Waals surface area contributed by atoms with Gasteiger partial charge in [-0.3, -0.25) is 0 Å². The van der Waals surface area contributed by atoms with Gasteiger partial charge in [0.05, 0.1) is 35.7 Å². The van der Waals surface area contributed by atoms with Crippen LogP contribution in [-0.4, -0.2) is 37.3 Å². The Morgan fingerprint density at radius 1 is 1.17 bits per heavy atom. The molecule has 0 aliphatic heterocycles. The minimum absolute atomic E-state index is 0.494. The van der Waals surface area contributed by atoms with Crippen molar-refractivity contribution in [2.24, 2.45) is 0 Å². The van der Waals surface area contributed by atoms with Gasteiger partial charge < -0.3 is 15.0 Å². The number of hydrogen-bond acceptors (Lipinski definition) is 5. The summed E-state index contributed by atoms with van der Waals surface area (Å²) in [6, 6.07) is 6.09. The summed E-state index contributed by atoms with van der Waals surface area (Å²) in [5.74, 6) is 0.755. The van der Waals surface area contributed by atoms with Crippen LogP contribution in [0.5, 0.6) is 0 Å². The van der Waals surface area contributed by atoms with Crippen LogP contribution in [0.4, 0.5) is 0 Å². The number of rotatable bonds is 6. The van der Waals surface area contributed by atoms with Gasteiger partial charge in [0.15, 0.2) is 0 Å². The van der Waals surface area contributed by atoms with Crippen LogP contribution in [0.15, 0.2) is 30.7 Å². The summed E-state index contributed by atoms with van der Waals surface area (Å²) in [5.41, 5.74) is 5.42. The normalized spacial score (nSPS) is 12.7. The molecule has 0 amide bonds. The van der Waals surface area contributed by atoms with Gasteiger partial charge >= 0.3 is 0 Å². The van der Waals surface area contributed by atoms with E-state index in [-0.39, 0.29) is 0 Å². The number of hydrogen-bond donors (Lipinski definition) is 2. The lowest BCUT2D eigenvalue weighted by Crippen LogP contribution is -2.30. The summed E-state index contributed by atoms with van der Waals surface area (Å²) in [4.78, 5) is 12.8. The van der Waals surface area contributed by atoms with Crippen LogP contribution in [0.1, 0.15) is 22.6 Å². The number of aromatic nitrogens is 4. The van der Waals surface area contributed by atoms with E-state index in [1.807, 2.05) is 17.6 Å². The van der Waals surface area contributed by atoms with Crippen LogP contribution in [0.2, 0.25) is 0 Å². The maximum atomic E-state index is 10.3. The van der Waals surface area contributed by atoms with Crippen molar-refractivity contribution in [1.82, 2.24) is 24.8 Å². The molecule has 3 aromatic rings. The Kier molecular flexibility index (Phi) is 4.87. The van der Waals surface area contributed by atoms with Crippen molar-refractivity contribution < 1.29 is 5.11 Å².